The van der Waals surface area contributed by atoms with E-state index in [2.05, 4.69) is 0 Å². The van der Waals surface area contributed by atoms with Crippen LogP contribution in [-0.2, 0) is 23.8 Å². The van der Waals surface area contributed by atoms with Gasteiger partial charge in [0.25, 0.3) is 0 Å². The van der Waals surface area contributed by atoms with Crippen LogP contribution in [0.3, 0.4) is 0 Å². The highest BCUT2D eigenvalue weighted by atomic mass is 32.2. The van der Waals surface area contributed by atoms with Crippen molar-refractivity contribution in [1.82, 2.24) is 0 Å². The summed E-state index contributed by atoms with van der Waals surface area (Å²) in [5, 5.41) is 21.8. The van der Waals surface area contributed by atoms with Gasteiger partial charge in [0.2, 0.25) is 5.78 Å². The van der Waals surface area contributed by atoms with E-state index in [0.29, 0.717) is 11.8 Å². The molecule has 180 valence electrons. The molecule has 0 aromatic heterocycles. The number of hydrogen-bond donors (Lipinski definition) is 2. The van der Waals surface area contributed by atoms with Gasteiger partial charge in [0.15, 0.2) is 16.8 Å². The summed E-state index contributed by atoms with van der Waals surface area (Å²) in [7, 11) is 0. The maximum absolute atomic E-state index is 13.5. The molecule has 3 rings (SSSR count). The Labute approximate surface area is 200 Å². The first kappa shape index (κ1) is 25.6. The third-order valence-corrected chi connectivity index (χ3v) is 6.02. The SMILES string of the molecule is CC(=O)O[C@@H]1[C@H](C(O)SC(C)=O)O[C@H](COC(=O)c2ccccc2)[C@]1(O)C(=O)c1ccccc1. The molecule has 0 spiro atoms. The molecule has 0 saturated carbocycles. The quantitative estimate of drug-likeness (QED) is 0.321. The first-order valence-corrected chi connectivity index (χ1v) is 11.2. The zero-order valence-electron chi connectivity index (χ0n) is 18.5. The molecule has 34 heavy (non-hydrogen) atoms. The van der Waals surface area contributed by atoms with E-state index in [4.69, 9.17) is 14.2 Å². The summed E-state index contributed by atoms with van der Waals surface area (Å²) < 4.78 is 16.3. The minimum Gasteiger partial charge on any atom is -0.459 e. The van der Waals surface area contributed by atoms with Gasteiger partial charge in [-0.15, -0.1) is 0 Å². The maximum Gasteiger partial charge on any atom is 0.338 e. The molecule has 1 saturated heterocycles. The molecular weight excluding hydrogens is 464 g/mol. The van der Waals surface area contributed by atoms with Gasteiger partial charge < -0.3 is 24.4 Å². The Balaban J connectivity index is 1.97. The van der Waals surface area contributed by atoms with E-state index in [1.54, 1.807) is 36.4 Å². The first-order chi connectivity index (χ1) is 16.1. The fraction of sp³-hybridized carbons (Fsp3) is 0.333. The lowest BCUT2D eigenvalue weighted by atomic mass is 9.83. The fourth-order valence-corrected chi connectivity index (χ4v) is 4.34. The van der Waals surface area contributed by atoms with Crippen molar-refractivity contribution < 1.29 is 43.6 Å². The first-order valence-electron chi connectivity index (χ1n) is 10.4. The summed E-state index contributed by atoms with van der Waals surface area (Å²) in [4.78, 5) is 49.3. The van der Waals surface area contributed by atoms with Gasteiger partial charge in [0.05, 0.1) is 5.56 Å². The smallest absolute Gasteiger partial charge is 0.338 e. The van der Waals surface area contributed by atoms with E-state index < -0.39 is 58.8 Å². The predicted molar refractivity (Wildman–Crippen MR) is 121 cm³/mol. The minimum atomic E-state index is -2.52. The zero-order chi connectivity index (χ0) is 24.9. The van der Waals surface area contributed by atoms with Crippen molar-refractivity contribution >= 4 is 34.6 Å². The number of ether oxygens (including phenoxy) is 3. The molecule has 2 aromatic rings. The third-order valence-electron chi connectivity index (χ3n) is 5.18. The number of carbonyl (C=O) groups excluding carboxylic acids is 4. The highest BCUT2D eigenvalue weighted by Gasteiger charge is 2.64. The van der Waals surface area contributed by atoms with Crippen molar-refractivity contribution in [3.63, 3.8) is 0 Å². The molecule has 9 nitrogen and oxygen atoms in total. The van der Waals surface area contributed by atoms with E-state index in [1.165, 1.54) is 31.2 Å². The Morgan fingerprint density at radius 3 is 2.09 bits per heavy atom. The number of rotatable bonds is 8. The van der Waals surface area contributed by atoms with Crippen molar-refractivity contribution in [2.45, 2.75) is 43.2 Å². The second-order valence-electron chi connectivity index (χ2n) is 7.60. The van der Waals surface area contributed by atoms with Crippen molar-refractivity contribution in [2.24, 2.45) is 0 Å². The number of carbonyl (C=O) groups is 4. The van der Waals surface area contributed by atoms with Crippen molar-refractivity contribution in [3.05, 3.63) is 71.8 Å². The third kappa shape index (κ3) is 5.53. The summed E-state index contributed by atoms with van der Waals surface area (Å²) in [5.74, 6) is -2.44. The number of aliphatic hydroxyl groups is 2. The van der Waals surface area contributed by atoms with Crippen LogP contribution in [-0.4, -0.2) is 69.0 Å². The number of aliphatic hydroxyl groups excluding tert-OH is 1. The van der Waals surface area contributed by atoms with E-state index in [1.807, 2.05) is 0 Å². The van der Waals surface area contributed by atoms with Gasteiger partial charge in [0.1, 0.15) is 24.3 Å². The highest BCUT2D eigenvalue weighted by molar-refractivity contribution is 8.14. The van der Waals surface area contributed by atoms with Gasteiger partial charge in [-0.25, -0.2) is 4.79 Å². The molecule has 1 fully saturated rings. The lowest BCUT2D eigenvalue weighted by Crippen LogP contribution is -2.58. The maximum atomic E-state index is 13.5. The molecule has 10 heteroatoms. The molecule has 1 aliphatic heterocycles. The topological polar surface area (TPSA) is 136 Å². The van der Waals surface area contributed by atoms with E-state index in [9.17, 15) is 29.4 Å². The summed E-state index contributed by atoms with van der Waals surface area (Å²) in [6.45, 7) is 1.69. The molecular formula is C24H24O9S. The van der Waals surface area contributed by atoms with Crippen LogP contribution in [0.5, 0.6) is 0 Å². The Hall–Kier alpha value is -3.05. The van der Waals surface area contributed by atoms with Crippen LogP contribution in [0.25, 0.3) is 0 Å². The van der Waals surface area contributed by atoms with Crippen LogP contribution in [0.1, 0.15) is 34.6 Å². The number of hydrogen-bond acceptors (Lipinski definition) is 10. The number of Topliss-reactive ketones (excluding diaryl/α,β-unsaturated/α-hetero) is 1. The number of benzene rings is 2. The molecule has 2 aromatic carbocycles. The van der Waals surface area contributed by atoms with Gasteiger partial charge in [-0.2, -0.15) is 0 Å². The second kappa shape index (κ2) is 10.9. The minimum absolute atomic E-state index is 0.0829. The highest BCUT2D eigenvalue weighted by Crippen LogP contribution is 2.40. The lowest BCUT2D eigenvalue weighted by Gasteiger charge is -2.32. The number of esters is 2. The van der Waals surface area contributed by atoms with Gasteiger partial charge in [-0.1, -0.05) is 60.3 Å². The summed E-state index contributed by atoms with van der Waals surface area (Å²) in [5.41, 5.74) is -3.78. The normalized spacial score (nSPS) is 24.8. The molecule has 0 radical (unpaired) electrons. The molecule has 1 heterocycles. The molecule has 1 unspecified atom stereocenters. The second-order valence-corrected chi connectivity index (χ2v) is 8.90. The molecule has 1 aliphatic rings. The Bertz CT molecular complexity index is 1040. The largest absolute Gasteiger partial charge is 0.459 e. The molecule has 0 amide bonds. The van der Waals surface area contributed by atoms with Crippen LogP contribution in [0.15, 0.2) is 60.7 Å². The van der Waals surface area contributed by atoms with Gasteiger partial charge >= 0.3 is 11.9 Å². The standard InChI is InChI=1S/C24H24O9S/c1-14(25)32-21-19(23(29)34-15(2)26)33-18(13-31-22(28)17-11-7-4-8-12-17)24(21,30)20(27)16-9-5-3-6-10-16/h3-12,18-19,21,23,29-30H,13H2,1-2H3/t18-,19-,21-,23?,24+/m1/s1. The lowest BCUT2D eigenvalue weighted by molar-refractivity contribution is -0.158. The monoisotopic (exact) mass is 488 g/mol. The Morgan fingerprint density at radius 1 is 1.00 bits per heavy atom. The molecule has 2 N–H and O–H groups in total. The number of thioether (sulfide) groups is 1. The van der Waals surface area contributed by atoms with Crippen LogP contribution < -0.4 is 0 Å². The number of ketones is 1. The van der Waals surface area contributed by atoms with E-state index in [0.717, 1.165) is 6.92 Å². The molecule has 0 bridgehead atoms. The van der Waals surface area contributed by atoms with Crippen LogP contribution in [0, 0.1) is 0 Å². The van der Waals surface area contributed by atoms with Gasteiger partial charge in [-0.05, 0) is 12.1 Å². The summed E-state index contributed by atoms with van der Waals surface area (Å²) in [6.07, 6.45) is -4.65. The van der Waals surface area contributed by atoms with Crippen molar-refractivity contribution in [2.75, 3.05) is 6.61 Å². The zero-order valence-corrected chi connectivity index (χ0v) is 19.3. The van der Waals surface area contributed by atoms with Gasteiger partial charge in [0, 0.05) is 19.4 Å². The van der Waals surface area contributed by atoms with Crippen LogP contribution >= 0.6 is 11.8 Å². The predicted octanol–water partition coefficient (Wildman–Crippen LogP) is 1.75. The Morgan fingerprint density at radius 2 is 1.56 bits per heavy atom. The van der Waals surface area contributed by atoms with E-state index >= 15 is 0 Å². The molecule has 0 aliphatic carbocycles. The molecule has 5 atom stereocenters. The average molecular weight is 489 g/mol. The van der Waals surface area contributed by atoms with Gasteiger partial charge in [-0.3, -0.25) is 14.4 Å². The van der Waals surface area contributed by atoms with Crippen molar-refractivity contribution in [3.8, 4) is 0 Å². The summed E-state index contributed by atoms with van der Waals surface area (Å²) >= 11 is 0.484. The summed E-state index contributed by atoms with van der Waals surface area (Å²) in [6, 6.07) is 15.8. The fourth-order valence-electron chi connectivity index (χ4n) is 3.66. The van der Waals surface area contributed by atoms with Crippen molar-refractivity contribution in [1.29, 1.82) is 0 Å². The van der Waals surface area contributed by atoms with Crippen LogP contribution in [0.2, 0.25) is 0 Å². The average Bonchev–Trinajstić information content (AvgIpc) is 3.09. The van der Waals surface area contributed by atoms with Crippen LogP contribution in [0.4, 0.5) is 0 Å². The van der Waals surface area contributed by atoms with E-state index in [-0.39, 0.29) is 11.1 Å². The Kier molecular flexibility index (Phi) is 8.21.